The van der Waals surface area contributed by atoms with Crippen LogP contribution in [0.4, 0.5) is 0 Å². The van der Waals surface area contributed by atoms with Crippen LogP contribution in [0.2, 0.25) is 0 Å². The molecular weight excluding hydrogens is 246 g/mol. The second-order valence-electron chi connectivity index (χ2n) is 5.62. The zero-order chi connectivity index (χ0) is 14.0. The molecule has 2 aliphatic heterocycles. The number of carboxylic acids is 1. The van der Waals surface area contributed by atoms with Gasteiger partial charge in [0.05, 0.1) is 19.0 Å². The minimum Gasteiger partial charge on any atom is -0.632 e. The van der Waals surface area contributed by atoms with E-state index in [1.54, 1.807) is 0 Å². The van der Waals surface area contributed by atoms with Crippen LogP contribution in [0, 0.1) is 5.21 Å². The van der Waals surface area contributed by atoms with Gasteiger partial charge in [-0.15, -0.1) is 0 Å². The summed E-state index contributed by atoms with van der Waals surface area (Å²) in [4.78, 5) is 22.3. The lowest BCUT2D eigenvalue weighted by Crippen LogP contribution is -2.53. The quantitative estimate of drug-likeness (QED) is 0.610. The van der Waals surface area contributed by atoms with E-state index in [1.165, 1.54) is 6.92 Å². The summed E-state index contributed by atoms with van der Waals surface area (Å²) in [6.07, 6.45) is 5.55. The van der Waals surface area contributed by atoms with Crippen LogP contribution in [0.5, 0.6) is 0 Å². The van der Waals surface area contributed by atoms with Gasteiger partial charge >= 0.3 is 5.97 Å². The van der Waals surface area contributed by atoms with Crippen molar-refractivity contribution in [3.05, 3.63) is 16.9 Å². The molecule has 2 rings (SSSR count). The van der Waals surface area contributed by atoms with Crippen molar-refractivity contribution in [3.63, 3.8) is 0 Å². The highest BCUT2D eigenvalue weighted by molar-refractivity contribution is 5.94. The molecule has 0 radical (unpaired) electrons. The van der Waals surface area contributed by atoms with Crippen LogP contribution >= 0.6 is 0 Å². The van der Waals surface area contributed by atoms with Gasteiger partial charge in [-0.3, -0.25) is 9.59 Å². The number of allylic oxidation sites excluding steroid dienone is 1. The van der Waals surface area contributed by atoms with Crippen molar-refractivity contribution in [2.75, 3.05) is 6.54 Å². The largest absolute Gasteiger partial charge is 0.632 e. The number of rotatable bonds is 5. The number of hydrogen-bond donors (Lipinski definition) is 1. The maximum Gasteiger partial charge on any atom is 0.303 e. The van der Waals surface area contributed by atoms with Gasteiger partial charge in [0.1, 0.15) is 6.04 Å². The molecule has 3 atom stereocenters. The van der Waals surface area contributed by atoms with Gasteiger partial charge in [-0.1, -0.05) is 6.08 Å². The van der Waals surface area contributed by atoms with Crippen LogP contribution in [-0.4, -0.2) is 40.1 Å². The van der Waals surface area contributed by atoms with E-state index >= 15 is 0 Å². The van der Waals surface area contributed by atoms with Crippen molar-refractivity contribution in [2.24, 2.45) is 0 Å². The third kappa shape index (κ3) is 2.72. The molecule has 2 heterocycles. The summed E-state index contributed by atoms with van der Waals surface area (Å²) in [7, 11) is 0. The van der Waals surface area contributed by atoms with Crippen LogP contribution in [0.3, 0.4) is 0 Å². The van der Waals surface area contributed by atoms with Crippen molar-refractivity contribution in [1.29, 1.82) is 0 Å². The van der Waals surface area contributed by atoms with E-state index in [9.17, 15) is 14.8 Å². The predicted octanol–water partition coefficient (Wildman–Crippen LogP) is 2.01. The Kier molecular flexibility index (Phi) is 4.06. The second kappa shape index (κ2) is 5.43. The van der Waals surface area contributed by atoms with Gasteiger partial charge < -0.3 is 15.0 Å². The molecule has 0 aromatic rings. The average molecular weight is 267 g/mol. The van der Waals surface area contributed by atoms with Gasteiger partial charge in [-0.2, -0.15) is 0 Å². The summed E-state index contributed by atoms with van der Waals surface area (Å²) in [6, 6.07) is -0.231. The molecule has 0 saturated carbocycles. The Balaban J connectivity index is 2.16. The number of quaternary nitrogens is 1. The van der Waals surface area contributed by atoms with E-state index in [4.69, 9.17) is 5.11 Å². The number of Topliss-reactive ketones (excluding diaryl/α,β-unsaturated/α-hetero) is 1. The Hall–Kier alpha value is -1.20. The topological polar surface area (TPSA) is 77.4 Å². The maximum atomic E-state index is 13.1. The molecule has 3 unspecified atom stereocenters. The molecule has 0 spiro atoms. The van der Waals surface area contributed by atoms with E-state index in [0.717, 1.165) is 25.7 Å². The number of carbonyl (C=O) groups excluding carboxylic acids is 1. The van der Waals surface area contributed by atoms with Crippen LogP contribution in [0.1, 0.15) is 45.4 Å². The van der Waals surface area contributed by atoms with E-state index in [1.807, 2.05) is 6.08 Å². The van der Waals surface area contributed by atoms with Crippen LogP contribution < -0.4 is 0 Å². The number of fused-ring (bicyclic) bond motifs is 2. The van der Waals surface area contributed by atoms with Crippen LogP contribution in [-0.2, 0) is 9.59 Å². The SMILES string of the molecule is CC(=O)C1=CCCC2CCC1[N+]2([O-])CCCC(=O)O. The molecule has 0 aromatic heterocycles. The molecule has 19 heavy (non-hydrogen) atoms. The highest BCUT2D eigenvalue weighted by Gasteiger charge is 2.46. The van der Waals surface area contributed by atoms with Gasteiger partial charge in [0, 0.05) is 31.3 Å². The van der Waals surface area contributed by atoms with Gasteiger partial charge in [0.25, 0.3) is 0 Å². The lowest BCUT2D eigenvalue weighted by atomic mass is 9.97. The number of aliphatic carboxylic acids is 1. The van der Waals surface area contributed by atoms with Gasteiger partial charge in [-0.25, -0.2) is 0 Å². The Morgan fingerprint density at radius 1 is 1.42 bits per heavy atom. The van der Waals surface area contributed by atoms with Crippen molar-refractivity contribution in [2.45, 2.75) is 57.5 Å². The van der Waals surface area contributed by atoms with E-state index < -0.39 is 5.97 Å². The Bertz CT molecular complexity index is 418. The van der Waals surface area contributed by atoms with E-state index in [0.29, 0.717) is 18.5 Å². The summed E-state index contributed by atoms with van der Waals surface area (Å²) >= 11 is 0. The van der Waals surface area contributed by atoms with Crippen molar-refractivity contribution >= 4 is 11.8 Å². The van der Waals surface area contributed by atoms with Gasteiger partial charge in [-0.05, 0) is 13.3 Å². The fourth-order valence-electron chi connectivity index (χ4n) is 3.56. The minimum absolute atomic E-state index is 0.0101. The van der Waals surface area contributed by atoms with Crippen molar-refractivity contribution in [1.82, 2.24) is 0 Å². The molecule has 1 saturated heterocycles. The Labute approximate surface area is 113 Å². The zero-order valence-electron chi connectivity index (χ0n) is 11.3. The highest BCUT2D eigenvalue weighted by Crippen LogP contribution is 2.41. The number of hydrogen-bond acceptors (Lipinski definition) is 3. The first-order valence-corrected chi connectivity index (χ1v) is 6.96. The molecule has 2 bridgehead atoms. The molecule has 2 aliphatic rings. The fourth-order valence-corrected chi connectivity index (χ4v) is 3.56. The van der Waals surface area contributed by atoms with Crippen molar-refractivity contribution in [3.8, 4) is 0 Å². The molecule has 1 N–H and O–H groups in total. The van der Waals surface area contributed by atoms with Crippen LogP contribution in [0.15, 0.2) is 11.6 Å². The average Bonchev–Trinajstić information content (AvgIpc) is 2.49. The molecule has 5 heteroatoms. The molecule has 1 fully saturated rings. The summed E-state index contributed by atoms with van der Waals surface area (Å²) in [6.45, 7) is 1.83. The molecular formula is C14H21NO4. The molecule has 0 amide bonds. The van der Waals surface area contributed by atoms with Crippen molar-refractivity contribution < 1.29 is 19.3 Å². The highest BCUT2D eigenvalue weighted by atomic mass is 16.6. The Morgan fingerprint density at radius 2 is 2.16 bits per heavy atom. The Morgan fingerprint density at radius 3 is 2.79 bits per heavy atom. The summed E-state index contributed by atoms with van der Waals surface area (Å²) in [5, 5.41) is 21.8. The lowest BCUT2D eigenvalue weighted by Gasteiger charge is -2.48. The van der Waals surface area contributed by atoms with Gasteiger partial charge in [0.15, 0.2) is 5.78 Å². The monoisotopic (exact) mass is 267 g/mol. The van der Waals surface area contributed by atoms with Gasteiger partial charge in [0.2, 0.25) is 0 Å². The number of nitrogens with zero attached hydrogens (tertiary/aromatic N) is 1. The predicted molar refractivity (Wildman–Crippen MR) is 70.2 cm³/mol. The standard InChI is InChI=1S/C14H21NO4/c1-10(16)12-5-2-4-11-7-8-13(12)15(11,19)9-3-6-14(17)18/h5,11,13H,2-4,6-9H2,1H3,(H,17,18). The molecule has 106 valence electrons. The maximum absolute atomic E-state index is 13.1. The smallest absolute Gasteiger partial charge is 0.303 e. The van der Waals surface area contributed by atoms with E-state index in [2.05, 4.69) is 0 Å². The first-order valence-electron chi connectivity index (χ1n) is 6.96. The normalized spacial score (nSPS) is 33.7. The fraction of sp³-hybridized carbons (Fsp3) is 0.714. The molecule has 5 nitrogen and oxygen atoms in total. The second-order valence-corrected chi connectivity index (χ2v) is 5.62. The van der Waals surface area contributed by atoms with Crippen LogP contribution in [0.25, 0.3) is 0 Å². The summed E-state index contributed by atoms with van der Waals surface area (Å²) in [5.41, 5.74) is 0.672. The third-order valence-corrected chi connectivity index (χ3v) is 4.45. The minimum atomic E-state index is -0.865. The molecule has 0 aliphatic carbocycles. The van der Waals surface area contributed by atoms with E-state index in [-0.39, 0.29) is 28.9 Å². The summed E-state index contributed by atoms with van der Waals surface area (Å²) in [5.74, 6) is -0.875. The third-order valence-electron chi connectivity index (χ3n) is 4.45. The summed E-state index contributed by atoms with van der Waals surface area (Å²) < 4.78 is -0.376. The number of ketones is 1. The number of hydroxylamine groups is 3. The molecule has 0 aromatic carbocycles. The first-order chi connectivity index (χ1) is 8.95. The lowest BCUT2D eigenvalue weighted by molar-refractivity contribution is -0.910. The zero-order valence-corrected chi connectivity index (χ0v) is 11.3. The first kappa shape index (κ1) is 14.2. The number of carboxylic acid groups (broad SMARTS) is 1. The number of carbonyl (C=O) groups is 2.